The van der Waals surface area contributed by atoms with Gasteiger partial charge in [-0.15, -0.1) is 0 Å². The first kappa shape index (κ1) is 17.4. The summed E-state index contributed by atoms with van der Waals surface area (Å²) in [4.78, 5) is 34.8. The number of carboxylic acids is 1. The summed E-state index contributed by atoms with van der Waals surface area (Å²) in [5, 5.41) is 19.8. The number of hydrogen-bond donors (Lipinski definition) is 1. The van der Waals surface area contributed by atoms with Crippen LogP contribution in [0.4, 0.5) is 5.69 Å². The van der Waals surface area contributed by atoms with E-state index in [1.807, 2.05) is 0 Å². The van der Waals surface area contributed by atoms with Crippen LogP contribution in [0.1, 0.15) is 30.6 Å². The highest BCUT2D eigenvalue weighted by molar-refractivity contribution is 5.98. The average molecular weight is 310 g/mol. The Balaban J connectivity index is 3.13. The molecule has 0 radical (unpaired) electrons. The number of amides is 1. The van der Waals surface area contributed by atoms with Crippen LogP contribution < -0.4 is 4.74 Å². The highest BCUT2D eigenvalue weighted by Crippen LogP contribution is 2.25. The van der Waals surface area contributed by atoms with Gasteiger partial charge < -0.3 is 14.7 Å². The standard InChI is InChI=1S/C14H18N2O6/c1-3-15(8-7-13(17)18)14(19)11-9-10(22-4-2)5-6-12(11)16(20)21/h5-6,9H,3-4,7-8H2,1-2H3,(H,17,18). The van der Waals surface area contributed by atoms with Crippen molar-refractivity contribution < 1.29 is 24.4 Å². The molecule has 8 heteroatoms. The lowest BCUT2D eigenvalue weighted by Gasteiger charge is -2.20. The Morgan fingerprint density at radius 3 is 2.55 bits per heavy atom. The van der Waals surface area contributed by atoms with Crippen LogP contribution in [0, 0.1) is 10.1 Å². The summed E-state index contributed by atoms with van der Waals surface area (Å²) in [6.45, 7) is 4.04. The molecule has 0 aliphatic carbocycles. The average Bonchev–Trinajstić information content (AvgIpc) is 2.47. The first-order valence-electron chi connectivity index (χ1n) is 6.83. The van der Waals surface area contributed by atoms with Gasteiger partial charge in [-0.3, -0.25) is 19.7 Å². The van der Waals surface area contributed by atoms with Crippen LogP contribution in [0.3, 0.4) is 0 Å². The van der Waals surface area contributed by atoms with E-state index in [1.165, 1.54) is 23.1 Å². The molecule has 0 spiro atoms. The van der Waals surface area contributed by atoms with Gasteiger partial charge >= 0.3 is 5.97 Å². The molecule has 1 aromatic rings. The van der Waals surface area contributed by atoms with E-state index in [9.17, 15) is 19.7 Å². The predicted octanol–water partition coefficient (Wildman–Crippen LogP) is 1.93. The van der Waals surface area contributed by atoms with Crippen LogP contribution in [-0.2, 0) is 4.79 Å². The summed E-state index contributed by atoms with van der Waals surface area (Å²) in [5.41, 5.74) is -0.439. The Morgan fingerprint density at radius 2 is 2.05 bits per heavy atom. The molecule has 0 saturated heterocycles. The zero-order chi connectivity index (χ0) is 16.7. The van der Waals surface area contributed by atoms with Crippen molar-refractivity contribution in [2.75, 3.05) is 19.7 Å². The van der Waals surface area contributed by atoms with Gasteiger partial charge in [0.1, 0.15) is 11.3 Å². The van der Waals surface area contributed by atoms with Gasteiger partial charge in [-0.25, -0.2) is 0 Å². The van der Waals surface area contributed by atoms with E-state index in [-0.39, 0.29) is 30.8 Å². The molecule has 0 bridgehead atoms. The fraction of sp³-hybridized carbons (Fsp3) is 0.429. The lowest BCUT2D eigenvalue weighted by atomic mass is 10.1. The first-order valence-corrected chi connectivity index (χ1v) is 6.83. The third kappa shape index (κ3) is 4.44. The molecule has 0 fully saturated rings. The molecule has 1 rings (SSSR count). The monoisotopic (exact) mass is 310 g/mol. The lowest BCUT2D eigenvalue weighted by Crippen LogP contribution is -2.33. The summed E-state index contributed by atoms with van der Waals surface area (Å²) >= 11 is 0. The molecule has 1 aromatic carbocycles. The largest absolute Gasteiger partial charge is 0.494 e. The zero-order valence-corrected chi connectivity index (χ0v) is 12.4. The number of benzene rings is 1. The van der Waals surface area contributed by atoms with Gasteiger partial charge in [0.15, 0.2) is 0 Å². The molecule has 0 heterocycles. The van der Waals surface area contributed by atoms with Crippen molar-refractivity contribution in [2.24, 2.45) is 0 Å². The Kier molecular flexibility index (Phi) is 6.30. The number of carboxylic acid groups (broad SMARTS) is 1. The minimum absolute atomic E-state index is 0.0132. The Bertz CT molecular complexity index is 572. The number of nitro benzene ring substituents is 1. The Morgan fingerprint density at radius 1 is 1.36 bits per heavy atom. The number of carbonyl (C=O) groups excluding carboxylic acids is 1. The van der Waals surface area contributed by atoms with E-state index in [2.05, 4.69) is 0 Å². The maximum absolute atomic E-state index is 12.4. The van der Waals surface area contributed by atoms with E-state index >= 15 is 0 Å². The summed E-state index contributed by atoms with van der Waals surface area (Å²) in [5.74, 6) is -1.27. The van der Waals surface area contributed by atoms with Crippen molar-refractivity contribution in [2.45, 2.75) is 20.3 Å². The van der Waals surface area contributed by atoms with Crippen molar-refractivity contribution in [1.82, 2.24) is 4.90 Å². The molecule has 0 aliphatic heterocycles. The van der Waals surface area contributed by atoms with Gasteiger partial charge in [-0.05, 0) is 26.0 Å². The van der Waals surface area contributed by atoms with E-state index in [4.69, 9.17) is 9.84 Å². The Labute approximate surface area is 127 Å². The number of nitrogens with zero attached hydrogens (tertiary/aromatic N) is 2. The van der Waals surface area contributed by atoms with Crippen molar-refractivity contribution in [3.63, 3.8) is 0 Å². The molecule has 120 valence electrons. The van der Waals surface area contributed by atoms with Crippen molar-refractivity contribution in [1.29, 1.82) is 0 Å². The normalized spacial score (nSPS) is 10.1. The van der Waals surface area contributed by atoms with Crippen LogP contribution in [0.5, 0.6) is 5.75 Å². The number of rotatable bonds is 8. The van der Waals surface area contributed by atoms with Gasteiger partial charge in [0.25, 0.3) is 11.6 Å². The predicted molar refractivity (Wildman–Crippen MR) is 78.1 cm³/mol. The fourth-order valence-corrected chi connectivity index (χ4v) is 1.91. The quantitative estimate of drug-likeness (QED) is 0.580. The van der Waals surface area contributed by atoms with Crippen LogP contribution in [-0.4, -0.2) is 46.5 Å². The number of aliphatic carboxylic acids is 1. The maximum Gasteiger partial charge on any atom is 0.305 e. The second-order valence-corrected chi connectivity index (χ2v) is 4.40. The topological polar surface area (TPSA) is 110 Å². The number of carbonyl (C=O) groups is 2. The lowest BCUT2D eigenvalue weighted by molar-refractivity contribution is -0.385. The van der Waals surface area contributed by atoms with Crippen LogP contribution in [0.25, 0.3) is 0 Å². The summed E-state index contributed by atoms with van der Waals surface area (Å²) in [6, 6.07) is 3.95. The molecular formula is C14H18N2O6. The molecule has 0 aromatic heterocycles. The smallest absolute Gasteiger partial charge is 0.305 e. The molecule has 22 heavy (non-hydrogen) atoms. The third-order valence-electron chi connectivity index (χ3n) is 2.97. The van der Waals surface area contributed by atoms with Crippen molar-refractivity contribution >= 4 is 17.6 Å². The van der Waals surface area contributed by atoms with E-state index < -0.39 is 16.8 Å². The SMILES string of the molecule is CCOc1ccc([N+](=O)[O-])c(C(=O)N(CC)CCC(=O)O)c1. The number of hydrogen-bond acceptors (Lipinski definition) is 5. The number of nitro groups is 1. The highest BCUT2D eigenvalue weighted by atomic mass is 16.6. The van der Waals surface area contributed by atoms with Gasteiger partial charge in [-0.1, -0.05) is 0 Å². The third-order valence-corrected chi connectivity index (χ3v) is 2.97. The minimum atomic E-state index is -1.04. The maximum atomic E-state index is 12.4. The van der Waals surface area contributed by atoms with Gasteiger partial charge in [0, 0.05) is 19.2 Å². The van der Waals surface area contributed by atoms with E-state index in [0.717, 1.165) is 0 Å². The molecule has 0 unspecified atom stereocenters. The van der Waals surface area contributed by atoms with E-state index in [1.54, 1.807) is 13.8 Å². The summed E-state index contributed by atoms with van der Waals surface area (Å²) < 4.78 is 5.26. The van der Waals surface area contributed by atoms with Crippen molar-refractivity contribution in [3.05, 3.63) is 33.9 Å². The second-order valence-electron chi connectivity index (χ2n) is 4.40. The minimum Gasteiger partial charge on any atom is -0.494 e. The van der Waals surface area contributed by atoms with Gasteiger partial charge in [0.2, 0.25) is 0 Å². The van der Waals surface area contributed by atoms with E-state index in [0.29, 0.717) is 12.4 Å². The highest BCUT2D eigenvalue weighted by Gasteiger charge is 2.25. The van der Waals surface area contributed by atoms with Crippen LogP contribution in [0.15, 0.2) is 18.2 Å². The molecular weight excluding hydrogens is 292 g/mol. The molecule has 0 atom stereocenters. The summed E-state index contributed by atoms with van der Waals surface area (Å²) in [7, 11) is 0. The van der Waals surface area contributed by atoms with Crippen LogP contribution in [0.2, 0.25) is 0 Å². The van der Waals surface area contributed by atoms with Gasteiger partial charge in [0.05, 0.1) is 18.0 Å². The first-order chi connectivity index (χ1) is 10.4. The second kappa shape index (κ2) is 7.96. The number of ether oxygens (including phenoxy) is 1. The van der Waals surface area contributed by atoms with Crippen LogP contribution >= 0.6 is 0 Å². The Hall–Kier alpha value is -2.64. The molecule has 1 N–H and O–H groups in total. The molecule has 0 saturated carbocycles. The van der Waals surface area contributed by atoms with Crippen molar-refractivity contribution in [3.8, 4) is 5.75 Å². The summed E-state index contributed by atoms with van der Waals surface area (Å²) in [6.07, 6.45) is -0.224. The fourth-order valence-electron chi connectivity index (χ4n) is 1.91. The molecule has 1 amide bonds. The van der Waals surface area contributed by atoms with Gasteiger partial charge in [-0.2, -0.15) is 0 Å². The molecule has 8 nitrogen and oxygen atoms in total. The molecule has 0 aliphatic rings. The zero-order valence-electron chi connectivity index (χ0n) is 12.4.